The molecule has 1 fully saturated rings. The van der Waals surface area contributed by atoms with E-state index in [1.165, 1.54) is 17.7 Å². The highest BCUT2D eigenvalue weighted by molar-refractivity contribution is 7.91. The first-order valence-electron chi connectivity index (χ1n) is 11.0. The van der Waals surface area contributed by atoms with Crippen LogP contribution in [0, 0.1) is 5.92 Å². The number of anilines is 1. The number of carbonyl (C=O) groups is 1. The lowest BCUT2D eigenvalue weighted by Gasteiger charge is -2.33. The third-order valence-corrected chi connectivity index (χ3v) is 8.45. The SMILES string of the molecule is CN(C(=O)C1CCS(=O)(=O)CC1)[C@@H](c1ccc(NC2Cc3ccc(Cl)cc3C2)nc1)C(F)(F)F. The van der Waals surface area contributed by atoms with Crippen molar-refractivity contribution < 1.29 is 26.4 Å². The molecule has 2 atom stereocenters. The Hall–Kier alpha value is -2.33. The monoisotopic (exact) mass is 515 g/mol. The van der Waals surface area contributed by atoms with E-state index in [2.05, 4.69) is 10.3 Å². The van der Waals surface area contributed by atoms with Crippen molar-refractivity contribution in [1.82, 2.24) is 9.88 Å². The highest BCUT2D eigenvalue weighted by Gasteiger charge is 2.46. The lowest BCUT2D eigenvalue weighted by atomic mass is 9.99. The van der Waals surface area contributed by atoms with Crippen LogP contribution < -0.4 is 5.32 Å². The van der Waals surface area contributed by atoms with Crippen molar-refractivity contribution in [1.29, 1.82) is 0 Å². The van der Waals surface area contributed by atoms with E-state index in [1.54, 1.807) is 0 Å². The van der Waals surface area contributed by atoms with Gasteiger partial charge in [0.2, 0.25) is 5.91 Å². The van der Waals surface area contributed by atoms with E-state index in [1.807, 2.05) is 18.2 Å². The van der Waals surface area contributed by atoms with Gasteiger partial charge in [0.1, 0.15) is 15.7 Å². The highest BCUT2D eigenvalue weighted by Crippen LogP contribution is 2.38. The fourth-order valence-corrected chi connectivity index (χ4v) is 6.42. The first-order chi connectivity index (χ1) is 15.9. The molecule has 2 aromatic rings. The minimum atomic E-state index is -4.71. The molecule has 1 aliphatic heterocycles. The summed E-state index contributed by atoms with van der Waals surface area (Å²) in [5.74, 6) is -1.38. The Morgan fingerprint density at radius 3 is 2.44 bits per heavy atom. The van der Waals surface area contributed by atoms with Crippen LogP contribution in [-0.2, 0) is 27.5 Å². The van der Waals surface area contributed by atoms with Crippen LogP contribution in [0.5, 0.6) is 0 Å². The van der Waals surface area contributed by atoms with Gasteiger partial charge in [-0.15, -0.1) is 0 Å². The quantitative estimate of drug-likeness (QED) is 0.645. The zero-order chi connectivity index (χ0) is 24.7. The summed E-state index contributed by atoms with van der Waals surface area (Å²) in [5, 5.41) is 3.91. The Morgan fingerprint density at radius 1 is 1.15 bits per heavy atom. The molecule has 1 unspecified atom stereocenters. The Morgan fingerprint density at radius 2 is 1.82 bits per heavy atom. The number of pyridine rings is 1. The van der Waals surface area contributed by atoms with Crippen molar-refractivity contribution in [2.24, 2.45) is 5.92 Å². The van der Waals surface area contributed by atoms with Crippen molar-refractivity contribution in [3.05, 3.63) is 58.2 Å². The number of aromatic nitrogens is 1. The largest absolute Gasteiger partial charge is 0.413 e. The zero-order valence-electron chi connectivity index (χ0n) is 18.5. The van der Waals surface area contributed by atoms with Gasteiger partial charge in [-0.25, -0.2) is 13.4 Å². The molecule has 6 nitrogen and oxygen atoms in total. The second-order valence-corrected chi connectivity index (χ2v) is 11.7. The molecule has 34 heavy (non-hydrogen) atoms. The summed E-state index contributed by atoms with van der Waals surface area (Å²) < 4.78 is 65.2. The molecule has 11 heteroatoms. The van der Waals surface area contributed by atoms with E-state index in [0.717, 1.165) is 31.6 Å². The number of carbonyl (C=O) groups excluding carboxylic acids is 1. The molecule has 1 aromatic carbocycles. The van der Waals surface area contributed by atoms with Gasteiger partial charge >= 0.3 is 6.18 Å². The Bertz CT molecular complexity index is 1160. The van der Waals surface area contributed by atoms with Gasteiger partial charge in [0.05, 0.1) is 11.5 Å². The number of nitrogens with one attached hydrogen (secondary N) is 1. The van der Waals surface area contributed by atoms with Crippen LogP contribution in [0.4, 0.5) is 19.0 Å². The van der Waals surface area contributed by atoms with Gasteiger partial charge < -0.3 is 10.2 Å². The van der Waals surface area contributed by atoms with E-state index in [0.29, 0.717) is 15.7 Å². The van der Waals surface area contributed by atoms with Gasteiger partial charge in [0, 0.05) is 35.8 Å². The minimum Gasteiger partial charge on any atom is -0.367 e. The number of rotatable bonds is 5. The molecule has 0 radical (unpaired) electrons. The second kappa shape index (κ2) is 9.37. The maximum atomic E-state index is 14.0. The van der Waals surface area contributed by atoms with Crippen molar-refractivity contribution in [2.75, 3.05) is 23.9 Å². The topological polar surface area (TPSA) is 79.4 Å². The van der Waals surface area contributed by atoms with Crippen molar-refractivity contribution >= 4 is 33.2 Å². The third-order valence-electron chi connectivity index (χ3n) is 6.50. The average Bonchev–Trinajstić information content (AvgIpc) is 3.15. The number of nitrogens with zero attached hydrogens (tertiary/aromatic N) is 2. The molecule has 1 amide bonds. The van der Waals surface area contributed by atoms with Gasteiger partial charge in [0.25, 0.3) is 0 Å². The Labute approximate surface area is 201 Å². The number of hydrogen-bond donors (Lipinski definition) is 1. The predicted molar refractivity (Wildman–Crippen MR) is 123 cm³/mol. The fraction of sp³-hybridized carbons (Fsp3) is 0.478. The molecule has 0 bridgehead atoms. The molecular formula is C23H25ClF3N3O3S. The van der Waals surface area contributed by atoms with E-state index >= 15 is 0 Å². The van der Waals surface area contributed by atoms with Crippen molar-refractivity contribution in [3.8, 4) is 0 Å². The summed E-state index contributed by atoms with van der Waals surface area (Å²) in [6.45, 7) is 0. The normalized spacial score (nSPS) is 21.0. The van der Waals surface area contributed by atoms with E-state index in [-0.39, 0.29) is 36.0 Å². The standard InChI is InChI=1S/C23H25ClF3N3O3S/c1-30(22(31)14-6-8-34(32,33)9-7-14)21(23(25,26)27)16-3-5-20(28-13-16)29-19-11-15-2-4-18(24)10-17(15)12-19/h2-5,10,13-14,19,21H,6-9,11-12H2,1H3,(H,28,29)/t19?,21-/m0/s1. The maximum Gasteiger partial charge on any atom is 0.413 e. The summed E-state index contributed by atoms with van der Waals surface area (Å²) >= 11 is 6.05. The van der Waals surface area contributed by atoms with Crippen LogP contribution in [0.1, 0.15) is 35.6 Å². The molecule has 2 heterocycles. The first kappa shape index (κ1) is 24.8. The van der Waals surface area contributed by atoms with E-state index in [9.17, 15) is 26.4 Å². The molecule has 1 N–H and O–H groups in total. The smallest absolute Gasteiger partial charge is 0.367 e. The third kappa shape index (κ3) is 5.49. The number of sulfone groups is 1. The molecule has 0 saturated carbocycles. The van der Waals surface area contributed by atoms with Crippen LogP contribution >= 0.6 is 11.6 Å². The number of fused-ring (bicyclic) bond motifs is 1. The molecule has 1 saturated heterocycles. The molecule has 1 aromatic heterocycles. The van der Waals surface area contributed by atoms with Gasteiger partial charge in [-0.05, 0) is 55.0 Å². The number of amides is 1. The summed E-state index contributed by atoms with van der Waals surface area (Å²) in [4.78, 5) is 17.6. The van der Waals surface area contributed by atoms with Crippen LogP contribution in [0.15, 0.2) is 36.5 Å². The zero-order valence-corrected chi connectivity index (χ0v) is 20.1. The number of halogens is 4. The predicted octanol–water partition coefficient (Wildman–Crippen LogP) is 4.20. The number of benzene rings is 1. The van der Waals surface area contributed by atoms with E-state index in [4.69, 9.17) is 11.6 Å². The molecule has 2 aliphatic rings. The van der Waals surface area contributed by atoms with Crippen LogP contribution in [-0.4, -0.2) is 55.0 Å². The molecule has 4 rings (SSSR count). The van der Waals surface area contributed by atoms with Crippen molar-refractivity contribution in [3.63, 3.8) is 0 Å². The molecule has 1 aliphatic carbocycles. The lowest BCUT2D eigenvalue weighted by molar-refractivity contribution is -0.190. The van der Waals surface area contributed by atoms with Gasteiger partial charge in [-0.1, -0.05) is 23.7 Å². The summed E-state index contributed by atoms with van der Waals surface area (Å²) in [7, 11) is -2.12. The number of hydrogen-bond acceptors (Lipinski definition) is 5. The molecule has 184 valence electrons. The summed E-state index contributed by atoms with van der Waals surface area (Å²) in [6, 6.07) is 6.40. The van der Waals surface area contributed by atoms with Crippen LogP contribution in [0.25, 0.3) is 0 Å². The average molecular weight is 516 g/mol. The van der Waals surface area contributed by atoms with Gasteiger partial charge in [-0.3, -0.25) is 4.79 Å². The fourth-order valence-electron chi connectivity index (χ4n) is 4.73. The first-order valence-corrected chi connectivity index (χ1v) is 13.2. The molecular weight excluding hydrogens is 491 g/mol. The van der Waals surface area contributed by atoms with Crippen LogP contribution in [0.2, 0.25) is 5.02 Å². The summed E-state index contributed by atoms with van der Waals surface area (Å²) in [6.07, 6.45) is -2.02. The van der Waals surface area contributed by atoms with E-state index < -0.39 is 33.9 Å². The van der Waals surface area contributed by atoms with Crippen molar-refractivity contribution in [2.45, 2.75) is 43.9 Å². The maximum absolute atomic E-state index is 14.0. The second-order valence-electron chi connectivity index (χ2n) is 8.96. The Balaban J connectivity index is 1.45. The van der Waals surface area contributed by atoms with Gasteiger partial charge in [-0.2, -0.15) is 13.2 Å². The Kier molecular flexibility index (Phi) is 6.83. The highest BCUT2D eigenvalue weighted by atomic mass is 35.5. The van der Waals surface area contributed by atoms with Gasteiger partial charge in [0.15, 0.2) is 6.04 Å². The summed E-state index contributed by atoms with van der Waals surface area (Å²) in [5.41, 5.74) is 2.15. The number of alkyl halides is 3. The minimum absolute atomic E-state index is 0.0339. The lowest BCUT2D eigenvalue weighted by Crippen LogP contribution is -2.44. The van der Waals surface area contributed by atoms with Crippen LogP contribution in [0.3, 0.4) is 0 Å². The molecule has 0 spiro atoms.